The van der Waals surface area contributed by atoms with Crippen molar-refractivity contribution in [3.63, 3.8) is 0 Å². The predicted octanol–water partition coefficient (Wildman–Crippen LogP) is 2.86. The molecule has 0 bridgehead atoms. The van der Waals surface area contributed by atoms with Gasteiger partial charge in [0.05, 0.1) is 18.7 Å². The summed E-state index contributed by atoms with van der Waals surface area (Å²) in [6.07, 6.45) is 0.495. The van der Waals surface area contributed by atoms with Gasteiger partial charge in [0.15, 0.2) is 11.5 Å². The maximum absolute atomic E-state index is 12.4. The quantitative estimate of drug-likeness (QED) is 0.774. The normalized spacial score (nSPS) is 23.4. The van der Waals surface area contributed by atoms with Crippen molar-refractivity contribution < 1.29 is 23.7 Å². The third-order valence-electron chi connectivity index (χ3n) is 5.46. The van der Waals surface area contributed by atoms with E-state index in [9.17, 15) is 4.79 Å². The number of nitrogens with zero attached hydrogens (tertiary/aromatic N) is 1. The molecule has 3 aliphatic rings. The van der Waals surface area contributed by atoms with Crippen molar-refractivity contribution in [1.82, 2.24) is 4.90 Å². The number of hydrogen-bond donors (Lipinski definition) is 0. The fourth-order valence-corrected chi connectivity index (χ4v) is 4.26. The zero-order valence-electron chi connectivity index (χ0n) is 14.7. The van der Waals surface area contributed by atoms with E-state index in [0.717, 1.165) is 29.7 Å². The molecule has 26 heavy (non-hydrogen) atoms. The van der Waals surface area contributed by atoms with Gasteiger partial charge in [-0.15, -0.1) is 0 Å². The number of hydrogen-bond acceptors (Lipinski definition) is 6. The van der Waals surface area contributed by atoms with Crippen molar-refractivity contribution in [3.8, 4) is 17.2 Å². The minimum absolute atomic E-state index is 0.143. The Kier molecular flexibility index (Phi) is 3.37. The summed E-state index contributed by atoms with van der Waals surface area (Å²) in [6, 6.07) is 9.47. The summed E-state index contributed by atoms with van der Waals surface area (Å²) in [5.41, 5.74) is 3.72. The van der Waals surface area contributed by atoms with Crippen LogP contribution in [-0.2, 0) is 11.2 Å². The van der Waals surface area contributed by atoms with Crippen LogP contribution >= 0.6 is 0 Å². The molecule has 0 radical (unpaired) electrons. The molecule has 6 heteroatoms. The molecule has 6 nitrogen and oxygen atoms in total. The van der Waals surface area contributed by atoms with E-state index in [-0.39, 0.29) is 24.9 Å². The zero-order chi connectivity index (χ0) is 17.8. The average Bonchev–Trinajstić information content (AvgIpc) is 3.25. The third-order valence-corrected chi connectivity index (χ3v) is 5.46. The smallest absolute Gasteiger partial charge is 0.339 e. The maximum Gasteiger partial charge on any atom is 0.339 e. The molecule has 2 aromatic rings. The van der Waals surface area contributed by atoms with Crippen LogP contribution in [0.2, 0.25) is 0 Å². The molecule has 134 valence electrons. The molecule has 0 aromatic heterocycles. The van der Waals surface area contributed by atoms with Crippen LogP contribution in [0, 0.1) is 0 Å². The van der Waals surface area contributed by atoms with Gasteiger partial charge in [-0.1, -0.05) is 18.2 Å². The van der Waals surface area contributed by atoms with Gasteiger partial charge in [0.2, 0.25) is 12.5 Å². The lowest BCUT2D eigenvalue weighted by Crippen LogP contribution is -2.36. The van der Waals surface area contributed by atoms with Crippen LogP contribution in [0.5, 0.6) is 17.2 Å². The number of rotatable bonds is 2. The van der Waals surface area contributed by atoms with Crippen molar-refractivity contribution >= 4 is 5.97 Å². The summed E-state index contributed by atoms with van der Waals surface area (Å²) < 4.78 is 22.8. The van der Waals surface area contributed by atoms with E-state index in [1.54, 1.807) is 7.11 Å². The van der Waals surface area contributed by atoms with E-state index in [1.807, 2.05) is 37.4 Å². The van der Waals surface area contributed by atoms with Crippen LogP contribution in [0.3, 0.4) is 0 Å². The van der Waals surface area contributed by atoms with Crippen LogP contribution in [0.4, 0.5) is 0 Å². The van der Waals surface area contributed by atoms with Crippen LogP contribution < -0.4 is 14.2 Å². The second-order valence-electron chi connectivity index (χ2n) is 6.81. The van der Waals surface area contributed by atoms with Gasteiger partial charge >= 0.3 is 5.97 Å². The van der Waals surface area contributed by atoms with E-state index in [2.05, 4.69) is 4.90 Å². The molecule has 2 aromatic carbocycles. The minimum atomic E-state index is -0.378. The standard InChI is InChI=1S/C20H19NO5/c1-21-8-7-11-9-14-18(25-10-24-14)19(23-2)15(11)16(21)17-12-5-3-4-6-13(12)20(22)26-17/h3-6,9,16-17H,7-8,10H2,1-2H3. The fourth-order valence-electron chi connectivity index (χ4n) is 4.26. The third kappa shape index (κ3) is 2.05. The van der Waals surface area contributed by atoms with Crippen molar-refractivity contribution in [2.24, 2.45) is 0 Å². The minimum Gasteiger partial charge on any atom is -0.492 e. The van der Waals surface area contributed by atoms with Gasteiger partial charge in [-0.05, 0) is 31.2 Å². The summed E-state index contributed by atoms with van der Waals surface area (Å²) in [6.45, 7) is 1.05. The Hall–Kier alpha value is -2.73. The highest BCUT2D eigenvalue weighted by molar-refractivity contribution is 5.94. The number of carbonyl (C=O) groups excluding carboxylic acids is 1. The molecular formula is C20H19NO5. The lowest BCUT2D eigenvalue weighted by atomic mass is 9.85. The molecule has 3 heterocycles. The molecule has 3 aliphatic heterocycles. The fraction of sp³-hybridized carbons (Fsp3) is 0.350. The van der Waals surface area contributed by atoms with Gasteiger partial charge in [-0.3, -0.25) is 4.90 Å². The molecule has 0 amide bonds. The number of likely N-dealkylation sites (N-methyl/N-ethyl adjacent to an activating group) is 1. The SMILES string of the molecule is COc1c2c(cc3c1C(C1OC(=O)c4ccccc41)N(C)CC3)OCO2. The number of ether oxygens (including phenoxy) is 4. The second kappa shape index (κ2) is 5.64. The summed E-state index contributed by atoms with van der Waals surface area (Å²) in [5, 5.41) is 0. The molecular weight excluding hydrogens is 334 g/mol. The number of fused-ring (bicyclic) bond motifs is 3. The summed E-state index contributed by atoms with van der Waals surface area (Å²) >= 11 is 0. The molecule has 0 aliphatic carbocycles. The highest BCUT2D eigenvalue weighted by Crippen LogP contribution is 2.53. The van der Waals surface area contributed by atoms with Crippen LogP contribution in [0.15, 0.2) is 30.3 Å². The average molecular weight is 353 g/mol. The predicted molar refractivity (Wildman–Crippen MR) is 92.8 cm³/mol. The van der Waals surface area contributed by atoms with Crippen LogP contribution in [0.25, 0.3) is 0 Å². The van der Waals surface area contributed by atoms with E-state index < -0.39 is 0 Å². The first-order valence-electron chi connectivity index (χ1n) is 8.68. The van der Waals surface area contributed by atoms with Crippen LogP contribution in [0.1, 0.15) is 39.2 Å². The van der Waals surface area contributed by atoms with Crippen molar-refractivity contribution in [3.05, 3.63) is 52.6 Å². The second-order valence-corrected chi connectivity index (χ2v) is 6.81. The van der Waals surface area contributed by atoms with Gasteiger partial charge in [0.25, 0.3) is 0 Å². The monoisotopic (exact) mass is 353 g/mol. The Balaban J connectivity index is 1.70. The summed E-state index contributed by atoms with van der Waals surface area (Å²) in [4.78, 5) is 14.6. The topological polar surface area (TPSA) is 57.2 Å². The van der Waals surface area contributed by atoms with E-state index in [0.29, 0.717) is 22.8 Å². The molecule has 0 fully saturated rings. The highest BCUT2D eigenvalue weighted by Gasteiger charge is 2.44. The van der Waals surface area contributed by atoms with E-state index >= 15 is 0 Å². The van der Waals surface area contributed by atoms with Gasteiger partial charge in [0, 0.05) is 17.7 Å². The van der Waals surface area contributed by atoms with Gasteiger partial charge in [0.1, 0.15) is 6.10 Å². The first kappa shape index (κ1) is 15.5. The molecule has 0 saturated carbocycles. The number of methoxy groups -OCH3 is 1. The zero-order valence-corrected chi connectivity index (χ0v) is 14.7. The van der Waals surface area contributed by atoms with E-state index in [1.165, 1.54) is 0 Å². The first-order chi connectivity index (χ1) is 12.7. The lowest BCUT2D eigenvalue weighted by molar-refractivity contribution is 0.00882. The molecule has 2 atom stereocenters. The molecule has 0 saturated heterocycles. The number of esters is 1. The Morgan fingerprint density at radius 1 is 1.23 bits per heavy atom. The Morgan fingerprint density at radius 3 is 2.92 bits per heavy atom. The number of carbonyl (C=O) groups is 1. The van der Waals surface area contributed by atoms with E-state index in [4.69, 9.17) is 18.9 Å². The van der Waals surface area contributed by atoms with Crippen molar-refractivity contribution in [2.45, 2.75) is 18.6 Å². The largest absolute Gasteiger partial charge is 0.492 e. The Morgan fingerprint density at radius 2 is 2.08 bits per heavy atom. The lowest BCUT2D eigenvalue weighted by Gasteiger charge is -2.38. The number of cyclic esters (lactones) is 1. The first-order valence-corrected chi connectivity index (χ1v) is 8.68. The highest BCUT2D eigenvalue weighted by atomic mass is 16.7. The van der Waals surface area contributed by atoms with Crippen LogP contribution in [-0.4, -0.2) is 38.4 Å². The molecule has 0 N–H and O–H groups in total. The van der Waals surface area contributed by atoms with Gasteiger partial charge < -0.3 is 18.9 Å². The maximum atomic E-state index is 12.4. The number of benzene rings is 2. The summed E-state index contributed by atoms with van der Waals surface area (Å²) in [5.74, 6) is 1.75. The Bertz CT molecular complexity index is 909. The molecule has 5 rings (SSSR count). The van der Waals surface area contributed by atoms with Crippen molar-refractivity contribution in [1.29, 1.82) is 0 Å². The summed E-state index contributed by atoms with van der Waals surface area (Å²) in [7, 11) is 3.68. The van der Waals surface area contributed by atoms with Gasteiger partial charge in [-0.2, -0.15) is 0 Å². The molecule has 2 unspecified atom stereocenters. The van der Waals surface area contributed by atoms with Gasteiger partial charge in [-0.25, -0.2) is 4.79 Å². The Labute approximate surface area is 151 Å². The van der Waals surface area contributed by atoms with Crippen molar-refractivity contribution in [2.75, 3.05) is 27.5 Å². The molecule has 0 spiro atoms.